The molecule has 1 aliphatic heterocycles. The summed E-state index contributed by atoms with van der Waals surface area (Å²) in [7, 11) is -0.0396. The summed E-state index contributed by atoms with van der Waals surface area (Å²) in [5.74, 6) is 3.26. The minimum Gasteiger partial charge on any atom is -0.467 e. The largest absolute Gasteiger partial charge is 0.467 e. The monoisotopic (exact) mass is 427 g/mol. The van der Waals surface area contributed by atoms with E-state index in [1.54, 1.807) is 32.1 Å². The average Bonchev–Trinajstić information content (AvgIpc) is 3.30. The summed E-state index contributed by atoms with van der Waals surface area (Å²) in [5, 5.41) is 9.64. The van der Waals surface area contributed by atoms with Crippen LogP contribution in [0.25, 0.3) is 0 Å². The fourth-order valence-electron chi connectivity index (χ4n) is 3.11. The van der Waals surface area contributed by atoms with Crippen molar-refractivity contribution < 1.29 is 12.8 Å². The summed E-state index contributed by atoms with van der Waals surface area (Å²) >= 11 is 1.54. The van der Waals surface area contributed by atoms with Crippen LogP contribution in [0, 0.1) is 5.92 Å². The highest BCUT2D eigenvalue weighted by Gasteiger charge is 2.23. The number of aromatic nitrogens is 3. The lowest BCUT2D eigenvalue weighted by molar-refractivity contribution is 0.427. The molecular formula is C18H29N5O3S2. The average molecular weight is 428 g/mol. The number of furan rings is 1. The molecule has 8 nitrogen and oxygen atoms in total. The Morgan fingerprint density at radius 2 is 2.04 bits per heavy atom. The maximum atomic E-state index is 11.9. The predicted octanol–water partition coefficient (Wildman–Crippen LogP) is 2.53. The Balaban J connectivity index is 1.69. The number of hydrogen-bond acceptors (Lipinski definition) is 7. The van der Waals surface area contributed by atoms with Crippen molar-refractivity contribution in [2.45, 2.75) is 37.9 Å². The van der Waals surface area contributed by atoms with Crippen LogP contribution in [-0.4, -0.2) is 66.2 Å². The van der Waals surface area contributed by atoms with Gasteiger partial charge in [-0.15, -0.1) is 10.2 Å². The molecule has 3 rings (SSSR count). The van der Waals surface area contributed by atoms with Gasteiger partial charge in [-0.25, -0.2) is 12.7 Å². The molecule has 0 spiro atoms. The molecule has 156 valence electrons. The zero-order valence-corrected chi connectivity index (χ0v) is 18.4. The topological polar surface area (TPSA) is 84.5 Å². The SMILES string of the molecule is CC1CCN(c2nnc(SCCCS(=O)(=O)N(C)C)n2Cc2ccco2)CC1. The molecule has 1 fully saturated rings. The van der Waals surface area contributed by atoms with Crippen molar-refractivity contribution in [1.82, 2.24) is 19.1 Å². The zero-order chi connectivity index (χ0) is 20.1. The lowest BCUT2D eigenvalue weighted by atomic mass is 10.00. The van der Waals surface area contributed by atoms with Gasteiger partial charge >= 0.3 is 0 Å². The summed E-state index contributed by atoms with van der Waals surface area (Å²) < 4.78 is 32.7. The fraction of sp³-hybridized carbons (Fsp3) is 0.667. The first-order valence-corrected chi connectivity index (χ1v) is 12.2. The van der Waals surface area contributed by atoms with Gasteiger partial charge < -0.3 is 9.32 Å². The maximum Gasteiger partial charge on any atom is 0.228 e. The van der Waals surface area contributed by atoms with Crippen LogP contribution in [0.5, 0.6) is 0 Å². The molecule has 2 aromatic heterocycles. The normalized spacial score (nSPS) is 16.2. The van der Waals surface area contributed by atoms with Gasteiger partial charge in [0.25, 0.3) is 0 Å². The van der Waals surface area contributed by atoms with E-state index in [0.29, 0.717) is 18.7 Å². The van der Waals surface area contributed by atoms with Gasteiger partial charge in [-0.3, -0.25) is 4.57 Å². The third-order valence-corrected chi connectivity index (χ3v) is 7.96. The number of piperidine rings is 1. The van der Waals surface area contributed by atoms with Gasteiger partial charge in [0.15, 0.2) is 5.16 Å². The van der Waals surface area contributed by atoms with Crippen molar-refractivity contribution in [2.75, 3.05) is 43.6 Å². The van der Waals surface area contributed by atoms with Crippen LogP contribution in [0.2, 0.25) is 0 Å². The van der Waals surface area contributed by atoms with E-state index < -0.39 is 10.0 Å². The number of sulfonamides is 1. The van der Waals surface area contributed by atoms with Crippen LogP contribution >= 0.6 is 11.8 Å². The van der Waals surface area contributed by atoms with E-state index in [1.807, 2.05) is 12.1 Å². The van der Waals surface area contributed by atoms with Crippen molar-refractivity contribution in [1.29, 1.82) is 0 Å². The molecule has 0 N–H and O–H groups in total. The highest BCUT2D eigenvalue weighted by molar-refractivity contribution is 7.99. The van der Waals surface area contributed by atoms with Gasteiger partial charge in [0, 0.05) is 32.9 Å². The first-order valence-electron chi connectivity index (χ1n) is 9.60. The van der Waals surface area contributed by atoms with Crippen molar-refractivity contribution in [3.05, 3.63) is 24.2 Å². The number of thioether (sulfide) groups is 1. The smallest absolute Gasteiger partial charge is 0.228 e. The van der Waals surface area contributed by atoms with E-state index in [1.165, 1.54) is 4.31 Å². The number of rotatable bonds is 9. The van der Waals surface area contributed by atoms with Crippen molar-refractivity contribution in [3.63, 3.8) is 0 Å². The number of nitrogens with zero attached hydrogens (tertiary/aromatic N) is 5. The molecule has 0 bridgehead atoms. The second kappa shape index (κ2) is 9.32. The summed E-state index contributed by atoms with van der Waals surface area (Å²) in [6.45, 7) is 4.81. The number of hydrogen-bond donors (Lipinski definition) is 0. The molecule has 2 aromatic rings. The van der Waals surface area contributed by atoms with Crippen LogP contribution in [0.3, 0.4) is 0 Å². The molecular weight excluding hydrogens is 398 g/mol. The Labute approximate surface area is 171 Å². The first-order chi connectivity index (χ1) is 13.4. The van der Waals surface area contributed by atoms with Crippen LogP contribution < -0.4 is 4.90 Å². The zero-order valence-electron chi connectivity index (χ0n) is 16.7. The Bertz CT molecular complexity index is 841. The van der Waals surface area contributed by atoms with E-state index in [0.717, 1.165) is 48.7 Å². The highest BCUT2D eigenvalue weighted by atomic mass is 32.2. The standard InChI is InChI=1S/C18H29N5O3S2/c1-15-7-9-22(10-8-15)17-19-20-18(23(17)14-16-6-4-11-26-16)27-12-5-13-28(24,25)21(2)3/h4,6,11,15H,5,7-10,12-14H2,1-3H3. The van der Waals surface area contributed by atoms with E-state index >= 15 is 0 Å². The Kier molecular flexibility index (Phi) is 7.05. The summed E-state index contributed by atoms with van der Waals surface area (Å²) in [5.41, 5.74) is 0. The molecule has 1 aliphatic rings. The molecule has 0 atom stereocenters. The number of anilines is 1. The molecule has 28 heavy (non-hydrogen) atoms. The van der Waals surface area contributed by atoms with Gasteiger partial charge in [-0.1, -0.05) is 18.7 Å². The molecule has 0 unspecified atom stereocenters. The van der Waals surface area contributed by atoms with Crippen LogP contribution in [0.4, 0.5) is 5.95 Å². The van der Waals surface area contributed by atoms with E-state index in [2.05, 4.69) is 26.6 Å². The molecule has 0 radical (unpaired) electrons. The molecule has 10 heteroatoms. The fourth-order valence-corrected chi connectivity index (χ4v) is 5.04. The minimum atomic E-state index is -3.17. The van der Waals surface area contributed by atoms with Crippen LogP contribution in [-0.2, 0) is 16.6 Å². The predicted molar refractivity (Wildman–Crippen MR) is 111 cm³/mol. The first kappa shape index (κ1) is 21.2. The molecule has 0 aromatic carbocycles. The molecule has 0 saturated carbocycles. The van der Waals surface area contributed by atoms with Crippen molar-refractivity contribution in [2.24, 2.45) is 5.92 Å². The lowest BCUT2D eigenvalue weighted by Crippen LogP contribution is -2.35. The van der Waals surface area contributed by atoms with Crippen molar-refractivity contribution >= 4 is 27.7 Å². The third-order valence-electron chi connectivity index (χ3n) is 4.99. The molecule has 3 heterocycles. The van der Waals surface area contributed by atoms with Gasteiger partial charge in [0.2, 0.25) is 16.0 Å². The molecule has 0 amide bonds. The van der Waals surface area contributed by atoms with Crippen LogP contribution in [0.1, 0.15) is 31.9 Å². The van der Waals surface area contributed by atoms with E-state index in [-0.39, 0.29) is 5.75 Å². The van der Waals surface area contributed by atoms with E-state index in [4.69, 9.17) is 4.42 Å². The second-order valence-electron chi connectivity index (χ2n) is 7.42. The lowest BCUT2D eigenvalue weighted by Gasteiger charge is -2.31. The van der Waals surface area contributed by atoms with Crippen LogP contribution in [0.15, 0.2) is 28.0 Å². The van der Waals surface area contributed by atoms with E-state index in [9.17, 15) is 8.42 Å². The second-order valence-corrected chi connectivity index (χ2v) is 10.8. The third kappa shape index (κ3) is 5.30. The molecule has 1 saturated heterocycles. The summed E-state index contributed by atoms with van der Waals surface area (Å²) in [4.78, 5) is 2.29. The van der Waals surface area contributed by atoms with Gasteiger partial charge in [-0.05, 0) is 37.3 Å². The van der Waals surface area contributed by atoms with Crippen molar-refractivity contribution in [3.8, 4) is 0 Å². The quantitative estimate of drug-likeness (QED) is 0.449. The van der Waals surface area contributed by atoms with Gasteiger partial charge in [0.1, 0.15) is 5.76 Å². The molecule has 0 aliphatic carbocycles. The maximum absolute atomic E-state index is 11.9. The summed E-state index contributed by atoms with van der Waals surface area (Å²) in [6.07, 6.45) is 4.53. The Hall–Kier alpha value is -1.52. The minimum absolute atomic E-state index is 0.135. The summed E-state index contributed by atoms with van der Waals surface area (Å²) in [6, 6.07) is 3.82. The van der Waals surface area contributed by atoms with Gasteiger partial charge in [0.05, 0.1) is 18.6 Å². The Morgan fingerprint density at radius 1 is 1.29 bits per heavy atom. The van der Waals surface area contributed by atoms with Gasteiger partial charge in [-0.2, -0.15) is 0 Å². The Morgan fingerprint density at radius 3 is 2.68 bits per heavy atom. The highest BCUT2D eigenvalue weighted by Crippen LogP contribution is 2.27.